The number of sulfonamides is 1. The van der Waals surface area contributed by atoms with Crippen molar-refractivity contribution in [1.29, 1.82) is 0 Å². The Kier molecular flexibility index (Phi) is 6.77. The Morgan fingerprint density at radius 3 is 2.64 bits per heavy atom. The number of amides is 1. The summed E-state index contributed by atoms with van der Waals surface area (Å²) in [5, 5.41) is 3.08. The largest absolute Gasteiger partial charge is 0.468 e. The highest BCUT2D eigenvalue weighted by molar-refractivity contribution is 7.89. The van der Waals surface area contributed by atoms with Crippen LogP contribution >= 0.6 is 11.6 Å². The van der Waals surface area contributed by atoms with Crippen molar-refractivity contribution >= 4 is 27.5 Å². The lowest BCUT2D eigenvalue weighted by atomic mass is 10.1. The van der Waals surface area contributed by atoms with Gasteiger partial charge in [-0.2, -0.15) is 0 Å². The molecule has 0 aliphatic carbocycles. The number of hydrogen-bond acceptors (Lipinski definition) is 5. The van der Waals surface area contributed by atoms with Gasteiger partial charge in [-0.15, -0.1) is 0 Å². The molecule has 3 rings (SSSR count). The number of hydrogen-bond donors (Lipinski definition) is 2. The molecule has 1 fully saturated rings. The molecule has 1 aliphatic heterocycles. The zero-order chi connectivity index (χ0) is 20.1. The first-order valence-corrected chi connectivity index (χ1v) is 11.1. The summed E-state index contributed by atoms with van der Waals surface area (Å²) in [6, 6.07) is 7.71. The molecule has 9 heteroatoms. The van der Waals surface area contributed by atoms with E-state index in [1.54, 1.807) is 6.26 Å². The summed E-state index contributed by atoms with van der Waals surface area (Å²) in [5.41, 5.74) is 0.120. The normalized spacial score (nSPS) is 16.6. The second-order valence-electron chi connectivity index (χ2n) is 6.69. The van der Waals surface area contributed by atoms with E-state index >= 15 is 0 Å². The molecule has 28 heavy (non-hydrogen) atoms. The van der Waals surface area contributed by atoms with Crippen LogP contribution in [-0.4, -0.2) is 45.9 Å². The number of halogens is 1. The molecule has 0 saturated carbocycles. The van der Waals surface area contributed by atoms with Crippen LogP contribution in [0, 0.1) is 0 Å². The van der Waals surface area contributed by atoms with Crippen molar-refractivity contribution < 1.29 is 17.6 Å². The van der Waals surface area contributed by atoms with E-state index in [9.17, 15) is 13.2 Å². The number of furan rings is 1. The smallest absolute Gasteiger partial charge is 0.252 e. The minimum Gasteiger partial charge on any atom is -0.468 e. The molecule has 1 aliphatic rings. The van der Waals surface area contributed by atoms with E-state index in [1.165, 1.54) is 31.7 Å². The molecule has 0 radical (unpaired) electrons. The Morgan fingerprint density at radius 1 is 1.25 bits per heavy atom. The quantitative estimate of drug-likeness (QED) is 0.711. The van der Waals surface area contributed by atoms with Gasteiger partial charge in [0.1, 0.15) is 5.76 Å². The topological polar surface area (TPSA) is 91.6 Å². The van der Waals surface area contributed by atoms with Gasteiger partial charge in [-0.05, 0) is 63.3 Å². The van der Waals surface area contributed by atoms with Crippen LogP contribution in [-0.2, 0) is 10.0 Å². The van der Waals surface area contributed by atoms with E-state index in [0.29, 0.717) is 6.54 Å². The van der Waals surface area contributed by atoms with E-state index in [2.05, 4.69) is 14.9 Å². The van der Waals surface area contributed by atoms with Gasteiger partial charge in [-0.1, -0.05) is 18.0 Å². The number of carbonyl (C=O) groups excluding carboxylic acids is 1. The number of likely N-dealkylation sites (tertiary alicyclic amines) is 1. The van der Waals surface area contributed by atoms with Crippen LogP contribution in [0.4, 0.5) is 0 Å². The highest BCUT2D eigenvalue weighted by Crippen LogP contribution is 2.25. The number of benzene rings is 1. The third-order valence-corrected chi connectivity index (χ3v) is 6.66. The predicted octanol–water partition coefficient (Wildman–Crippen LogP) is 2.80. The second-order valence-corrected chi connectivity index (χ2v) is 8.98. The van der Waals surface area contributed by atoms with Crippen LogP contribution in [0.15, 0.2) is 45.9 Å². The third kappa shape index (κ3) is 4.75. The lowest BCUT2D eigenvalue weighted by molar-refractivity contribution is 0.0914. The summed E-state index contributed by atoms with van der Waals surface area (Å²) in [4.78, 5) is 15.0. The maximum absolute atomic E-state index is 12.7. The van der Waals surface area contributed by atoms with Crippen molar-refractivity contribution in [3.8, 4) is 0 Å². The molecule has 0 bridgehead atoms. The van der Waals surface area contributed by atoms with Crippen molar-refractivity contribution in [2.75, 3.05) is 26.7 Å². The van der Waals surface area contributed by atoms with E-state index in [1.807, 2.05) is 12.1 Å². The molecular weight excluding hydrogens is 402 g/mol. The first kappa shape index (κ1) is 20.9. The Morgan fingerprint density at radius 2 is 2.00 bits per heavy atom. The van der Waals surface area contributed by atoms with Crippen LogP contribution in [0.2, 0.25) is 5.02 Å². The van der Waals surface area contributed by atoms with E-state index < -0.39 is 15.9 Å². The maximum atomic E-state index is 12.7. The Bertz CT molecular complexity index is 909. The Labute approximate surface area is 170 Å². The number of nitrogens with zero attached hydrogens (tertiary/aromatic N) is 1. The highest BCUT2D eigenvalue weighted by Gasteiger charge is 2.26. The molecule has 2 aromatic rings. The maximum Gasteiger partial charge on any atom is 0.252 e. The molecule has 152 valence electrons. The van der Waals surface area contributed by atoms with Crippen molar-refractivity contribution in [1.82, 2.24) is 14.9 Å². The molecule has 1 aromatic heterocycles. The number of nitrogens with one attached hydrogen (secondary N) is 2. The van der Waals surface area contributed by atoms with Crippen molar-refractivity contribution in [3.05, 3.63) is 52.9 Å². The van der Waals surface area contributed by atoms with Gasteiger partial charge >= 0.3 is 0 Å². The summed E-state index contributed by atoms with van der Waals surface area (Å²) < 4.78 is 31.8. The summed E-state index contributed by atoms with van der Waals surface area (Å²) in [6.45, 7) is 2.22. The predicted molar refractivity (Wildman–Crippen MR) is 107 cm³/mol. The zero-order valence-electron chi connectivity index (χ0n) is 15.7. The Hall–Kier alpha value is -1.87. The lowest BCUT2D eigenvalue weighted by Crippen LogP contribution is -2.40. The second kappa shape index (κ2) is 9.09. The average Bonchev–Trinajstić information content (AvgIpc) is 3.23. The molecule has 1 saturated heterocycles. The van der Waals surface area contributed by atoms with Crippen molar-refractivity contribution in [2.45, 2.75) is 30.2 Å². The fraction of sp³-hybridized carbons (Fsp3) is 0.421. The number of piperidine rings is 1. The molecule has 0 spiro atoms. The van der Waals surface area contributed by atoms with Crippen LogP contribution in [0.1, 0.15) is 41.4 Å². The molecule has 1 amide bonds. The molecule has 7 nitrogen and oxygen atoms in total. The van der Waals surface area contributed by atoms with Crippen molar-refractivity contribution in [3.63, 3.8) is 0 Å². The summed E-state index contributed by atoms with van der Waals surface area (Å²) >= 11 is 6.14. The molecule has 2 N–H and O–H groups in total. The summed E-state index contributed by atoms with van der Waals surface area (Å²) in [5.74, 6) is 0.367. The number of carbonyl (C=O) groups is 1. The van der Waals surface area contributed by atoms with Gasteiger partial charge < -0.3 is 9.73 Å². The number of rotatable bonds is 7. The molecule has 2 heterocycles. The standard InChI is InChI=1S/C19H24ClN3O4S/c1-21-28(25,26)14-7-8-16(20)15(12-14)19(24)22-13-17(18-6-5-11-27-18)23-9-3-2-4-10-23/h5-8,11-12,17,21H,2-4,9-10,13H2,1H3,(H,22,24). The van der Waals surface area contributed by atoms with Gasteiger partial charge in [0.05, 0.1) is 27.8 Å². The van der Waals surface area contributed by atoms with E-state index in [0.717, 1.165) is 31.7 Å². The molecule has 1 aromatic carbocycles. The zero-order valence-corrected chi connectivity index (χ0v) is 17.2. The fourth-order valence-electron chi connectivity index (χ4n) is 3.37. The van der Waals surface area contributed by atoms with Gasteiger partial charge in [-0.3, -0.25) is 9.69 Å². The molecule has 1 atom stereocenters. The van der Waals surface area contributed by atoms with Gasteiger partial charge in [0.15, 0.2) is 0 Å². The molecular formula is C19H24ClN3O4S. The first-order chi connectivity index (χ1) is 13.4. The van der Waals surface area contributed by atoms with Crippen LogP contribution in [0.3, 0.4) is 0 Å². The minimum atomic E-state index is -3.67. The molecule has 1 unspecified atom stereocenters. The minimum absolute atomic E-state index is 0.0110. The van der Waals surface area contributed by atoms with Gasteiger partial charge in [0, 0.05) is 6.54 Å². The monoisotopic (exact) mass is 425 g/mol. The van der Waals surface area contributed by atoms with Gasteiger partial charge in [0.25, 0.3) is 5.91 Å². The first-order valence-electron chi connectivity index (χ1n) is 9.21. The highest BCUT2D eigenvalue weighted by atomic mass is 35.5. The lowest BCUT2D eigenvalue weighted by Gasteiger charge is -2.33. The van der Waals surface area contributed by atoms with Crippen molar-refractivity contribution in [2.24, 2.45) is 0 Å². The Balaban J connectivity index is 1.77. The third-order valence-electron chi connectivity index (χ3n) is 4.92. The summed E-state index contributed by atoms with van der Waals surface area (Å²) in [6.07, 6.45) is 5.05. The van der Waals surface area contributed by atoms with Gasteiger partial charge in [0.2, 0.25) is 10.0 Å². The summed E-state index contributed by atoms with van der Waals surface area (Å²) in [7, 11) is -2.35. The van der Waals surface area contributed by atoms with E-state index in [-0.39, 0.29) is 21.5 Å². The van der Waals surface area contributed by atoms with E-state index in [4.69, 9.17) is 16.0 Å². The van der Waals surface area contributed by atoms with Crippen LogP contribution < -0.4 is 10.0 Å². The van der Waals surface area contributed by atoms with Gasteiger partial charge in [-0.25, -0.2) is 13.1 Å². The SMILES string of the molecule is CNS(=O)(=O)c1ccc(Cl)c(C(=O)NCC(c2ccco2)N2CCCCC2)c1. The fourth-order valence-corrected chi connectivity index (χ4v) is 4.33. The van der Waals surface area contributed by atoms with Crippen LogP contribution in [0.5, 0.6) is 0 Å². The van der Waals surface area contributed by atoms with Crippen LogP contribution in [0.25, 0.3) is 0 Å². The average molecular weight is 426 g/mol.